The van der Waals surface area contributed by atoms with Gasteiger partial charge in [0.15, 0.2) is 0 Å². The molecule has 0 spiro atoms. The van der Waals surface area contributed by atoms with Gasteiger partial charge in [0, 0.05) is 27.7 Å². The summed E-state index contributed by atoms with van der Waals surface area (Å²) in [6, 6.07) is 85.6. The molecule has 12 rings (SSSR count). The van der Waals surface area contributed by atoms with Crippen LogP contribution in [-0.4, -0.2) is 0 Å². The third-order valence-electron chi connectivity index (χ3n) is 12.5. The van der Waals surface area contributed by atoms with Gasteiger partial charge >= 0.3 is 0 Å². The van der Waals surface area contributed by atoms with E-state index in [4.69, 9.17) is 4.42 Å². The van der Waals surface area contributed by atoms with E-state index in [0.29, 0.717) is 0 Å². The highest BCUT2D eigenvalue weighted by atomic mass is 16.3. The van der Waals surface area contributed by atoms with Gasteiger partial charge in [-0.05, 0) is 126 Å². The fourth-order valence-corrected chi connectivity index (χ4v) is 9.47. The van der Waals surface area contributed by atoms with Crippen molar-refractivity contribution in [2.75, 3.05) is 4.90 Å². The first-order valence-corrected chi connectivity index (χ1v) is 21.2. The number of benzene rings is 11. The van der Waals surface area contributed by atoms with E-state index < -0.39 is 0 Å². The number of anilines is 3. The molecule has 1 heterocycles. The lowest BCUT2D eigenvalue weighted by atomic mass is 9.94. The molecule has 2 nitrogen and oxygen atoms in total. The highest BCUT2D eigenvalue weighted by Gasteiger charge is 2.19. The molecule has 0 radical (unpaired) electrons. The van der Waals surface area contributed by atoms with Gasteiger partial charge in [0.1, 0.15) is 11.2 Å². The van der Waals surface area contributed by atoms with E-state index in [-0.39, 0.29) is 0 Å². The second-order valence-corrected chi connectivity index (χ2v) is 16.1. The number of nitrogens with zero attached hydrogens (tertiary/aromatic N) is 1. The Balaban J connectivity index is 0.980. The minimum Gasteiger partial charge on any atom is -0.456 e. The lowest BCUT2D eigenvalue weighted by Gasteiger charge is -2.28. The van der Waals surface area contributed by atoms with Crippen LogP contribution in [0.5, 0.6) is 0 Å². The first kappa shape index (κ1) is 35.7. The monoisotopic (exact) mass is 789 g/mol. The number of hydrogen-bond donors (Lipinski definition) is 0. The summed E-state index contributed by atoms with van der Waals surface area (Å²) in [6.07, 6.45) is 0. The Morgan fingerprint density at radius 2 is 0.806 bits per heavy atom. The molecule has 0 fully saturated rings. The third-order valence-corrected chi connectivity index (χ3v) is 12.5. The topological polar surface area (TPSA) is 16.4 Å². The van der Waals surface area contributed by atoms with E-state index in [1.54, 1.807) is 0 Å². The van der Waals surface area contributed by atoms with Crippen LogP contribution in [0.25, 0.3) is 98.8 Å². The van der Waals surface area contributed by atoms with Crippen molar-refractivity contribution in [3.8, 4) is 44.5 Å². The molecule has 0 aliphatic heterocycles. The van der Waals surface area contributed by atoms with Crippen LogP contribution in [0, 0.1) is 0 Å². The van der Waals surface area contributed by atoms with Crippen LogP contribution in [0.15, 0.2) is 241 Å². The average Bonchev–Trinajstić information content (AvgIpc) is 3.73. The highest BCUT2D eigenvalue weighted by molar-refractivity contribution is 6.12. The normalized spacial score (nSPS) is 11.5. The van der Waals surface area contributed by atoms with E-state index in [1.165, 1.54) is 54.6 Å². The van der Waals surface area contributed by atoms with E-state index in [1.807, 2.05) is 12.1 Å². The van der Waals surface area contributed by atoms with Gasteiger partial charge < -0.3 is 9.32 Å². The quantitative estimate of drug-likeness (QED) is 0.150. The number of para-hydroxylation sites is 2. The molecular formula is C60H39NO. The predicted molar refractivity (Wildman–Crippen MR) is 263 cm³/mol. The van der Waals surface area contributed by atoms with Gasteiger partial charge in [-0.25, -0.2) is 0 Å². The van der Waals surface area contributed by atoms with E-state index in [2.05, 4.69) is 229 Å². The Bertz CT molecular complexity index is 3630. The summed E-state index contributed by atoms with van der Waals surface area (Å²) in [4.78, 5) is 2.40. The van der Waals surface area contributed by atoms with Gasteiger partial charge in [-0.15, -0.1) is 0 Å². The third kappa shape index (κ3) is 6.12. The van der Waals surface area contributed by atoms with E-state index in [0.717, 1.165) is 61.3 Å². The second-order valence-electron chi connectivity index (χ2n) is 16.1. The Hall–Kier alpha value is -8.20. The molecule has 0 N–H and O–H groups in total. The number of rotatable bonds is 7. The molecule has 0 atom stereocenters. The molecule has 11 aromatic carbocycles. The summed E-state index contributed by atoms with van der Waals surface area (Å²) in [6.45, 7) is 0. The van der Waals surface area contributed by atoms with Crippen molar-refractivity contribution in [1.82, 2.24) is 0 Å². The van der Waals surface area contributed by atoms with Crippen molar-refractivity contribution in [3.05, 3.63) is 237 Å². The zero-order valence-corrected chi connectivity index (χ0v) is 33.9. The summed E-state index contributed by atoms with van der Waals surface area (Å²) in [5.74, 6) is 0. The lowest BCUT2D eigenvalue weighted by Crippen LogP contribution is -2.11. The van der Waals surface area contributed by atoms with Crippen LogP contribution < -0.4 is 4.90 Å². The van der Waals surface area contributed by atoms with Crippen LogP contribution in [0.1, 0.15) is 0 Å². The molecule has 0 amide bonds. The molecule has 0 aliphatic rings. The molecule has 2 heteroatoms. The Morgan fingerprint density at radius 1 is 0.274 bits per heavy atom. The summed E-state index contributed by atoms with van der Waals surface area (Å²) < 4.78 is 6.28. The number of fused-ring (bicyclic) bond motifs is 7. The first-order valence-electron chi connectivity index (χ1n) is 21.2. The average molecular weight is 790 g/mol. The number of hydrogen-bond acceptors (Lipinski definition) is 2. The Morgan fingerprint density at radius 3 is 1.63 bits per heavy atom. The van der Waals surface area contributed by atoms with Gasteiger partial charge in [0.2, 0.25) is 0 Å². The van der Waals surface area contributed by atoms with Gasteiger partial charge in [-0.3, -0.25) is 0 Å². The minimum absolute atomic E-state index is 0.897. The molecule has 12 aromatic rings. The van der Waals surface area contributed by atoms with Crippen molar-refractivity contribution in [2.24, 2.45) is 0 Å². The lowest BCUT2D eigenvalue weighted by molar-refractivity contribution is 0.669. The van der Waals surface area contributed by atoms with Crippen molar-refractivity contribution in [1.29, 1.82) is 0 Å². The fourth-order valence-electron chi connectivity index (χ4n) is 9.47. The standard InChI is InChI=1S/C60H39NO/c1-3-17-50-41(12-1)14-10-21-52(50)45-15-9-16-46(39-45)54-19-5-7-23-57(54)61(49-35-30-43(31-36-49)55-22-11-25-59-60(55)56-20-6-8-24-58(56)62-59)48-33-28-40(29-34-48)44-32-37-53-47(38-44)27-26-42-13-2-4-18-51(42)53/h1-39H. The summed E-state index contributed by atoms with van der Waals surface area (Å²) >= 11 is 0. The second kappa shape index (κ2) is 14.8. The molecule has 290 valence electrons. The van der Waals surface area contributed by atoms with Crippen LogP contribution in [-0.2, 0) is 0 Å². The highest BCUT2D eigenvalue weighted by Crippen LogP contribution is 2.44. The maximum atomic E-state index is 6.28. The van der Waals surface area contributed by atoms with Gasteiger partial charge in [-0.1, -0.05) is 182 Å². The fraction of sp³-hybridized carbons (Fsp3) is 0. The maximum absolute atomic E-state index is 6.28. The zero-order chi connectivity index (χ0) is 41.0. The van der Waals surface area contributed by atoms with Crippen molar-refractivity contribution >= 4 is 71.3 Å². The molecule has 62 heavy (non-hydrogen) atoms. The van der Waals surface area contributed by atoms with Crippen molar-refractivity contribution < 1.29 is 4.42 Å². The molecule has 0 unspecified atom stereocenters. The smallest absolute Gasteiger partial charge is 0.136 e. The number of furan rings is 1. The Kier molecular flexibility index (Phi) is 8.53. The van der Waals surface area contributed by atoms with Crippen LogP contribution in [0.3, 0.4) is 0 Å². The minimum atomic E-state index is 0.897. The predicted octanol–water partition coefficient (Wildman–Crippen LogP) is 17.2. The van der Waals surface area contributed by atoms with Crippen LogP contribution in [0.2, 0.25) is 0 Å². The summed E-state index contributed by atoms with van der Waals surface area (Å²) in [5.41, 5.74) is 14.5. The van der Waals surface area contributed by atoms with Crippen molar-refractivity contribution in [3.63, 3.8) is 0 Å². The molecule has 0 saturated heterocycles. The first-order chi connectivity index (χ1) is 30.7. The molecular weight excluding hydrogens is 751 g/mol. The van der Waals surface area contributed by atoms with E-state index in [9.17, 15) is 0 Å². The van der Waals surface area contributed by atoms with Crippen molar-refractivity contribution in [2.45, 2.75) is 0 Å². The molecule has 1 aromatic heterocycles. The van der Waals surface area contributed by atoms with Crippen LogP contribution in [0.4, 0.5) is 17.1 Å². The van der Waals surface area contributed by atoms with E-state index >= 15 is 0 Å². The SMILES string of the molecule is c1cc(-c2ccccc2N(c2ccc(-c3ccc4c(ccc5ccccc54)c3)cc2)c2ccc(-c3cccc4oc5ccccc5c34)cc2)cc(-c2cccc3ccccc23)c1. The maximum Gasteiger partial charge on any atom is 0.136 e. The van der Waals surface area contributed by atoms with Gasteiger partial charge in [-0.2, -0.15) is 0 Å². The Labute approximate surface area is 360 Å². The summed E-state index contributed by atoms with van der Waals surface area (Å²) in [7, 11) is 0. The largest absolute Gasteiger partial charge is 0.456 e. The van der Waals surface area contributed by atoms with Crippen LogP contribution >= 0.6 is 0 Å². The molecule has 0 saturated carbocycles. The summed E-state index contributed by atoms with van der Waals surface area (Å²) in [5, 5.41) is 9.82. The van der Waals surface area contributed by atoms with Gasteiger partial charge in [0.25, 0.3) is 0 Å². The van der Waals surface area contributed by atoms with Gasteiger partial charge in [0.05, 0.1) is 5.69 Å². The molecule has 0 bridgehead atoms. The molecule has 0 aliphatic carbocycles. The zero-order valence-electron chi connectivity index (χ0n) is 33.9.